The lowest BCUT2D eigenvalue weighted by Gasteiger charge is -2.28. The zero-order valence-electron chi connectivity index (χ0n) is 7.06. The summed E-state index contributed by atoms with van der Waals surface area (Å²) in [6, 6.07) is 0.595. The van der Waals surface area contributed by atoms with Gasteiger partial charge in [-0.25, -0.2) is 5.01 Å². The predicted octanol–water partition coefficient (Wildman–Crippen LogP) is 1.39. The van der Waals surface area contributed by atoms with Gasteiger partial charge in [-0.1, -0.05) is 6.42 Å². The molecule has 1 N–H and O–H groups in total. The first-order chi connectivity index (χ1) is 4.79. The molecule has 60 valence electrons. The Kier molecular flexibility index (Phi) is 3.16. The van der Waals surface area contributed by atoms with E-state index in [2.05, 4.69) is 24.3 Å². The normalized spacial score (nSPS) is 21.9. The molecule has 1 fully saturated rings. The number of hydrogen-bond acceptors (Lipinski definition) is 2. The smallest absolute Gasteiger partial charge is 0.0158 e. The van der Waals surface area contributed by atoms with Crippen LogP contribution in [0.4, 0.5) is 0 Å². The van der Waals surface area contributed by atoms with Gasteiger partial charge in [-0.15, -0.1) is 0 Å². The molecule has 0 radical (unpaired) electrons. The lowest BCUT2D eigenvalue weighted by atomic mass is 10.2. The third-order valence-electron chi connectivity index (χ3n) is 1.80. The fourth-order valence-corrected chi connectivity index (χ4v) is 1.39. The summed E-state index contributed by atoms with van der Waals surface area (Å²) in [6.07, 6.45) is 4.13. The lowest BCUT2D eigenvalue weighted by Crippen LogP contribution is -2.45. The van der Waals surface area contributed by atoms with Crippen molar-refractivity contribution in [2.24, 2.45) is 0 Å². The highest BCUT2D eigenvalue weighted by Crippen LogP contribution is 2.05. The first-order valence-electron chi connectivity index (χ1n) is 4.30. The molecule has 0 saturated carbocycles. The van der Waals surface area contributed by atoms with E-state index in [0.717, 1.165) is 0 Å². The molecule has 0 unspecified atom stereocenters. The van der Waals surface area contributed by atoms with Crippen molar-refractivity contribution < 1.29 is 0 Å². The first kappa shape index (κ1) is 8.02. The summed E-state index contributed by atoms with van der Waals surface area (Å²) in [6.45, 7) is 6.85. The first-order valence-corrected chi connectivity index (χ1v) is 4.30. The Bertz CT molecular complexity index is 85.3. The van der Waals surface area contributed by atoms with Crippen LogP contribution in [-0.2, 0) is 0 Å². The largest absolute Gasteiger partial charge is 0.253 e. The van der Waals surface area contributed by atoms with E-state index in [0.29, 0.717) is 6.04 Å². The Morgan fingerprint density at radius 3 is 2.20 bits per heavy atom. The van der Waals surface area contributed by atoms with E-state index in [1.54, 1.807) is 0 Å². The maximum atomic E-state index is 3.42. The van der Waals surface area contributed by atoms with Crippen molar-refractivity contribution in [1.29, 1.82) is 0 Å². The molecule has 0 spiro atoms. The zero-order valence-corrected chi connectivity index (χ0v) is 7.06. The van der Waals surface area contributed by atoms with Gasteiger partial charge in [0.25, 0.3) is 0 Å². The van der Waals surface area contributed by atoms with E-state index in [1.165, 1.54) is 32.4 Å². The van der Waals surface area contributed by atoms with E-state index in [-0.39, 0.29) is 0 Å². The summed E-state index contributed by atoms with van der Waals surface area (Å²) >= 11 is 0. The van der Waals surface area contributed by atoms with Crippen LogP contribution in [0.5, 0.6) is 0 Å². The highest BCUT2D eigenvalue weighted by atomic mass is 15.5. The SMILES string of the molecule is CC(C)NN1CCCCC1. The molecule has 0 aromatic rings. The number of hydrazine groups is 1. The highest BCUT2D eigenvalue weighted by Gasteiger charge is 2.09. The summed E-state index contributed by atoms with van der Waals surface area (Å²) in [5, 5.41) is 2.34. The topological polar surface area (TPSA) is 15.3 Å². The second-order valence-electron chi connectivity index (χ2n) is 3.33. The van der Waals surface area contributed by atoms with Crippen LogP contribution in [0.2, 0.25) is 0 Å². The summed E-state index contributed by atoms with van der Waals surface area (Å²) in [5.74, 6) is 0. The van der Waals surface area contributed by atoms with Crippen molar-refractivity contribution in [3.8, 4) is 0 Å². The summed E-state index contributed by atoms with van der Waals surface area (Å²) in [7, 11) is 0. The standard InChI is InChI=1S/C8H18N2/c1-8(2)9-10-6-4-3-5-7-10/h8-9H,3-7H2,1-2H3. The number of rotatable bonds is 2. The van der Waals surface area contributed by atoms with Gasteiger partial charge in [0.15, 0.2) is 0 Å². The fourth-order valence-electron chi connectivity index (χ4n) is 1.39. The van der Waals surface area contributed by atoms with E-state index in [9.17, 15) is 0 Å². The second kappa shape index (κ2) is 3.94. The third kappa shape index (κ3) is 2.67. The molecule has 0 amide bonds. The van der Waals surface area contributed by atoms with Crippen LogP contribution >= 0.6 is 0 Å². The fraction of sp³-hybridized carbons (Fsp3) is 1.00. The van der Waals surface area contributed by atoms with Crippen LogP contribution in [-0.4, -0.2) is 24.1 Å². The molecule has 2 nitrogen and oxygen atoms in total. The minimum absolute atomic E-state index is 0.595. The van der Waals surface area contributed by atoms with Gasteiger partial charge in [0.05, 0.1) is 0 Å². The Balaban J connectivity index is 2.13. The molecule has 1 saturated heterocycles. The minimum atomic E-state index is 0.595. The average Bonchev–Trinajstić information content (AvgIpc) is 1.88. The van der Waals surface area contributed by atoms with Crippen LogP contribution in [0.15, 0.2) is 0 Å². The maximum Gasteiger partial charge on any atom is 0.0158 e. The number of nitrogens with zero attached hydrogens (tertiary/aromatic N) is 1. The number of hydrogen-bond donors (Lipinski definition) is 1. The van der Waals surface area contributed by atoms with E-state index >= 15 is 0 Å². The Labute approximate surface area is 63.6 Å². The summed E-state index contributed by atoms with van der Waals surface area (Å²) < 4.78 is 0. The molecule has 2 heteroatoms. The van der Waals surface area contributed by atoms with Crippen LogP contribution in [0.3, 0.4) is 0 Å². The van der Waals surface area contributed by atoms with Crippen molar-refractivity contribution >= 4 is 0 Å². The minimum Gasteiger partial charge on any atom is -0.253 e. The van der Waals surface area contributed by atoms with Gasteiger partial charge < -0.3 is 0 Å². The third-order valence-corrected chi connectivity index (χ3v) is 1.80. The van der Waals surface area contributed by atoms with Crippen LogP contribution in [0.25, 0.3) is 0 Å². The van der Waals surface area contributed by atoms with E-state index < -0.39 is 0 Å². The van der Waals surface area contributed by atoms with Gasteiger partial charge in [-0.3, -0.25) is 5.43 Å². The second-order valence-corrected chi connectivity index (χ2v) is 3.33. The van der Waals surface area contributed by atoms with E-state index in [4.69, 9.17) is 0 Å². The summed E-state index contributed by atoms with van der Waals surface area (Å²) in [5.41, 5.74) is 3.42. The van der Waals surface area contributed by atoms with Gasteiger partial charge in [-0.2, -0.15) is 0 Å². The molecule has 1 aliphatic rings. The summed E-state index contributed by atoms with van der Waals surface area (Å²) in [4.78, 5) is 0. The quantitative estimate of drug-likeness (QED) is 0.626. The zero-order chi connectivity index (χ0) is 7.40. The Hall–Kier alpha value is -0.0800. The van der Waals surface area contributed by atoms with Gasteiger partial charge in [-0.05, 0) is 26.7 Å². The van der Waals surface area contributed by atoms with Gasteiger partial charge >= 0.3 is 0 Å². The van der Waals surface area contributed by atoms with Crippen molar-refractivity contribution in [3.63, 3.8) is 0 Å². The molecular formula is C8H18N2. The molecular weight excluding hydrogens is 124 g/mol. The van der Waals surface area contributed by atoms with Gasteiger partial charge in [0.2, 0.25) is 0 Å². The van der Waals surface area contributed by atoms with Crippen molar-refractivity contribution in [3.05, 3.63) is 0 Å². The highest BCUT2D eigenvalue weighted by molar-refractivity contribution is 4.61. The number of nitrogens with one attached hydrogen (secondary N) is 1. The maximum absolute atomic E-state index is 3.42. The number of piperidine rings is 1. The monoisotopic (exact) mass is 142 g/mol. The Morgan fingerprint density at radius 2 is 1.70 bits per heavy atom. The van der Waals surface area contributed by atoms with Gasteiger partial charge in [0.1, 0.15) is 0 Å². The van der Waals surface area contributed by atoms with Crippen molar-refractivity contribution in [2.45, 2.75) is 39.2 Å². The van der Waals surface area contributed by atoms with Crippen LogP contribution < -0.4 is 5.43 Å². The lowest BCUT2D eigenvalue weighted by molar-refractivity contribution is 0.137. The molecule has 0 aliphatic carbocycles. The molecule has 0 bridgehead atoms. The molecule has 0 atom stereocenters. The van der Waals surface area contributed by atoms with E-state index in [1.807, 2.05) is 0 Å². The Morgan fingerprint density at radius 1 is 1.10 bits per heavy atom. The molecule has 10 heavy (non-hydrogen) atoms. The average molecular weight is 142 g/mol. The van der Waals surface area contributed by atoms with Crippen molar-refractivity contribution in [1.82, 2.24) is 10.4 Å². The van der Waals surface area contributed by atoms with Gasteiger partial charge in [0, 0.05) is 19.1 Å². The molecule has 0 aromatic heterocycles. The molecule has 1 aliphatic heterocycles. The molecule has 1 heterocycles. The van der Waals surface area contributed by atoms with Crippen LogP contribution in [0, 0.1) is 0 Å². The molecule has 0 aromatic carbocycles. The predicted molar refractivity (Wildman–Crippen MR) is 43.7 cm³/mol. The van der Waals surface area contributed by atoms with Crippen LogP contribution in [0.1, 0.15) is 33.1 Å². The van der Waals surface area contributed by atoms with Crippen molar-refractivity contribution in [2.75, 3.05) is 13.1 Å². The molecule has 1 rings (SSSR count).